The number of halogens is 2. The molecule has 0 amide bonds. The van der Waals surface area contributed by atoms with Crippen LogP contribution in [0.5, 0.6) is 0 Å². The standard InChI is InChI=1S/C8H5Br2NO2/c9-5-3-6(10)7(11-4-5)1-2-8(12)13/h1-4H,(H,12,13)/b2-1+. The number of hydrogen-bond acceptors (Lipinski definition) is 2. The monoisotopic (exact) mass is 305 g/mol. The van der Waals surface area contributed by atoms with Crippen molar-refractivity contribution < 1.29 is 9.90 Å². The summed E-state index contributed by atoms with van der Waals surface area (Å²) in [6.07, 6.45) is 4.08. The third kappa shape index (κ3) is 3.28. The molecule has 0 unspecified atom stereocenters. The second-order valence-corrected chi connectivity index (χ2v) is 3.96. The van der Waals surface area contributed by atoms with E-state index in [0.29, 0.717) is 5.69 Å². The molecular formula is C8H5Br2NO2. The molecule has 0 radical (unpaired) electrons. The summed E-state index contributed by atoms with van der Waals surface area (Å²) >= 11 is 6.50. The van der Waals surface area contributed by atoms with E-state index in [2.05, 4.69) is 36.8 Å². The molecule has 0 saturated carbocycles. The molecule has 0 aliphatic heterocycles. The van der Waals surface area contributed by atoms with Gasteiger partial charge in [-0.25, -0.2) is 4.79 Å². The fourth-order valence-electron chi connectivity index (χ4n) is 0.698. The van der Waals surface area contributed by atoms with Crippen LogP contribution in [0.3, 0.4) is 0 Å². The topological polar surface area (TPSA) is 50.2 Å². The van der Waals surface area contributed by atoms with Crippen LogP contribution in [-0.4, -0.2) is 16.1 Å². The van der Waals surface area contributed by atoms with Gasteiger partial charge >= 0.3 is 5.97 Å². The van der Waals surface area contributed by atoms with Crippen LogP contribution in [-0.2, 0) is 4.79 Å². The van der Waals surface area contributed by atoms with E-state index < -0.39 is 5.97 Å². The van der Waals surface area contributed by atoms with Gasteiger partial charge in [-0.1, -0.05) is 0 Å². The molecule has 0 saturated heterocycles. The zero-order valence-corrected chi connectivity index (χ0v) is 9.54. The highest BCUT2D eigenvalue weighted by Crippen LogP contribution is 2.20. The first-order valence-corrected chi connectivity index (χ1v) is 4.90. The van der Waals surface area contributed by atoms with Crippen LogP contribution in [0.2, 0.25) is 0 Å². The molecule has 1 heterocycles. The Labute approximate surface area is 91.7 Å². The molecule has 13 heavy (non-hydrogen) atoms. The molecule has 0 aromatic carbocycles. The Kier molecular flexibility index (Phi) is 3.62. The van der Waals surface area contributed by atoms with Gasteiger partial charge in [0.25, 0.3) is 0 Å². The molecule has 0 bridgehead atoms. The minimum Gasteiger partial charge on any atom is -0.478 e. The molecule has 0 aliphatic rings. The summed E-state index contributed by atoms with van der Waals surface area (Å²) in [4.78, 5) is 14.2. The number of carboxylic acid groups (broad SMARTS) is 1. The van der Waals surface area contributed by atoms with Gasteiger partial charge < -0.3 is 5.11 Å². The summed E-state index contributed by atoms with van der Waals surface area (Å²) in [5.74, 6) is -0.989. The first-order chi connectivity index (χ1) is 6.09. The van der Waals surface area contributed by atoms with Crippen molar-refractivity contribution in [1.82, 2.24) is 4.98 Å². The van der Waals surface area contributed by atoms with E-state index in [-0.39, 0.29) is 0 Å². The van der Waals surface area contributed by atoms with E-state index in [0.717, 1.165) is 15.0 Å². The van der Waals surface area contributed by atoms with Gasteiger partial charge in [0.15, 0.2) is 0 Å². The highest BCUT2D eigenvalue weighted by molar-refractivity contribution is 9.11. The summed E-state index contributed by atoms with van der Waals surface area (Å²) in [5.41, 5.74) is 0.589. The van der Waals surface area contributed by atoms with E-state index in [9.17, 15) is 4.79 Å². The summed E-state index contributed by atoms with van der Waals surface area (Å²) in [7, 11) is 0. The predicted molar refractivity (Wildman–Crippen MR) is 56.3 cm³/mol. The average Bonchev–Trinajstić information content (AvgIpc) is 2.02. The second-order valence-electron chi connectivity index (χ2n) is 2.19. The van der Waals surface area contributed by atoms with Gasteiger partial charge in [0, 0.05) is 21.2 Å². The van der Waals surface area contributed by atoms with Crippen molar-refractivity contribution in [2.24, 2.45) is 0 Å². The Morgan fingerprint density at radius 1 is 1.54 bits per heavy atom. The molecule has 0 fully saturated rings. The SMILES string of the molecule is O=C(O)/C=C/c1ncc(Br)cc1Br. The Hall–Kier alpha value is -0.680. The number of rotatable bonds is 2. The van der Waals surface area contributed by atoms with Crippen molar-refractivity contribution in [3.63, 3.8) is 0 Å². The lowest BCUT2D eigenvalue weighted by Crippen LogP contribution is -1.88. The Morgan fingerprint density at radius 3 is 2.77 bits per heavy atom. The molecule has 3 nitrogen and oxygen atoms in total. The fraction of sp³-hybridized carbons (Fsp3) is 0. The molecule has 0 spiro atoms. The van der Waals surface area contributed by atoms with Gasteiger partial charge in [-0.3, -0.25) is 4.98 Å². The molecule has 5 heteroatoms. The molecule has 0 aliphatic carbocycles. The lowest BCUT2D eigenvalue weighted by atomic mass is 10.3. The van der Waals surface area contributed by atoms with Crippen LogP contribution >= 0.6 is 31.9 Å². The van der Waals surface area contributed by atoms with Crippen molar-refractivity contribution in [3.8, 4) is 0 Å². The summed E-state index contributed by atoms with van der Waals surface area (Å²) in [6.45, 7) is 0. The van der Waals surface area contributed by atoms with E-state index in [1.54, 1.807) is 12.3 Å². The molecule has 1 aromatic heterocycles. The van der Waals surface area contributed by atoms with Gasteiger partial charge in [-0.2, -0.15) is 0 Å². The summed E-state index contributed by atoms with van der Waals surface area (Å²) < 4.78 is 1.59. The number of carboxylic acids is 1. The number of carbonyl (C=O) groups is 1. The van der Waals surface area contributed by atoms with Crippen molar-refractivity contribution in [2.75, 3.05) is 0 Å². The maximum atomic E-state index is 10.2. The number of hydrogen-bond donors (Lipinski definition) is 1. The molecule has 68 valence electrons. The summed E-state index contributed by atoms with van der Waals surface area (Å²) in [5, 5.41) is 8.38. The first kappa shape index (κ1) is 10.4. The fourth-order valence-corrected chi connectivity index (χ4v) is 1.82. The van der Waals surface area contributed by atoms with Gasteiger partial charge in [-0.15, -0.1) is 0 Å². The average molecular weight is 307 g/mol. The quantitative estimate of drug-likeness (QED) is 0.855. The van der Waals surface area contributed by atoms with Crippen molar-refractivity contribution in [3.05, 3.63) is 33.0 Å². The van der Waals surface area contributed by atoms with E-state index in [1.165, 1.54) is 6.08 Å². The van der Waals surface area contributed by atoms with E-state index >= 15 is 0 Å². The Morgan fingerprint density at radius 2 is 2.23 bits per heavy atom. The van der Waals surface area contributed by atoms with E-state index in [4.69, 9.17) is 5.11 Å². The van der Waals surface area contributed by atoms with Crippen LogP contribution in [0.15, 0.2) is 27.3 Å². The van der Waals surface area contributed by atoms with E-state index in [1.807, 2.05) is 0 Å². The largest absolute Gasteiger partial charge is 0.478 e. The van der Waals surface area contributed by atoms with Crippen molar-refractivity contribution in [1.29, 1.82) is 0 Å². The Bertz CT molecular complexity index is 363. The van der Waals surface area contributed by atoms with Gasteiger partial charge in [-0.05, 0) is 44.0 Å². The van der Waals surface area contributed by atoms with Gasteiger partial charge in [0.2, 0.25) is 0 Å². The normalized spacial score (nSPS) is 10.6. The number of nitrogens with zero attached hydrogens (tertiary/aromatic N) is 1. The van der Waals surface area contributed by atoms with Crippen LogP contribution in [0.25, 0.3) is 6.08 Å². The smallest absolute Gasteiger partial charge is 0.328 e. The zero-order valence-electron chi connectivity index (χ0n) is 6.37. The van der Waals surface area contributed by atoms with Crippen molar-refractivity contribution in [2.45, 2.75) is 0 Å². The summed E-state index contributed by atoms with van der Waals surface area (Å²) in [6, 6.07) is 1.80. The van der Waals surface area contributed by atoms with Gasteiger partial charge in [0.05, 0.1) is 5.69 Å². The number of aliphatic carboxylic acids is 1. The zero-order chi connectivity index (χ0) is 9.84. The maximum absolute atomic E-state index is 10.2. The van der Waals surface area contributed by atoms with Crippen LogP contribution in [0, 0.1) is 0 Å². The third-order valence-electron chi connectivity index (χ3n) is 1.22. The third-order valence-corrected chi connectivity index (χ3v) is 2.29. The Balaban J connectivity index is 2.96. The maximum Gasteiger partial charge on any atom is 0.328 e. The van der Waals surface area contributed by atoms with Gasteiger partial charge in [0.1, 0.15) is 0 Å². The second kappa shape index (κ2) is 4.53. The minimum atomic E-state index is -0.989. The first-order valence-electron chi connectivity index (χ1n) is 3.31. The number of aromatic nitrogens is 1. The molecular weight excluding hydrogens is 302 g/mol. The molecule has 0 atom stereocenters. The highest BCUT2D eigenvalue weighted by atomic mass is 79.9. The highest BCUT2D eigenvalue weighted by Gasteiger charge is 1.98. The molecule has 1 aromatic rings. The van der Waals surface area contributed by atoms with Crippen LogP contribution in [0.1, 0.15) is 5.69 Å². The predicted octanol–water partition coefficient (Wildman–Crippen LogP) is 2.70. The van der Waals surface area contributed by atoms with Crippen LogP contribution < -0.4 is 0 Å². The molecule has 1 N–H and O–H groups in total. The minimum absolute atomic E-state index is 0.589. The lowest BCUT2D eigenvalue weighted by Gasteiger charge is -1.96. The van der Waals surface area contributed by atoms with Crippen LogP contribution in [0.4, 0.5) is 0 Å². The molecule has 1 rings (SSSR count). The lowest BCUT2D eigenvalue weighted by molar-refractivity contribution is -0.131. The number of pyridine rings is 1. The van der Waals surface area contributed by atoms with Crippen molar-refractivity contribution >= 4 is 43.9 Å².